The van der Waals surface area contributed by atoms with E-state index >= 15 is 0 Å². The van der Waals surface area contributed by atoms with Crippen LogP contribution in [-0.4, -0.2) is 45.1 Å². The fraction of sp³-hybridized carbons (Fsp3) is 0.500. The van der Waals surface area contributed by atoms with Gasteiger partial charge in [0.1, 0.15) is 5.76 Å². The molecule has 2 unspecified atom stereocenters. The van der Waals surface area contributed by atoms with Gasteiger partial charge in [0.2, 0.25) is 0 Å². The number of hydrogen-bond acceptors (Lipinski definition) is 4. The van der Waals surface area contributed by atoms with Crippen LogP contribution in [-0.2, 0) is 6.42 Å². The first-order chi connectivity index (χ1) is 11.6. The molecule has 0 fully saturated rings. The highest BCUT2D eigenvalue weighted by Gasteiger charge is 2.17. The van der Waals surface area contributed by atoms with Crippen LogP contribution in [0.4, 0.5) is 0 Å². The van der Waals surface area contributed by atoms with E-state index in [1.165, 1.54) is 4.88 Å². The Morgan fingerprint density at radius 2 is 2.04 bits per heavy atom. The summed E-state index contributed by atoms with van der Waals surface area (Å²) in [6.07, 6.45) is 2.81. The topological polar surface area (TPSA) is 52.8 Å². The van der Waals surface area contributed by atoms with E-state index in [1.807, 2.05) is 37.6 Å². The number of likely N-dealkylation sites (N-methyl/N-ethyl adjacent to an activating group) is 1. The van der Waals surface area contributed by atoms with Crippen molar-refractivity contribution in [3.05, 3.63) is 46.5 Å². The van der Waals surface area contributed by atoms with Crippen molar-refractivity contribution in [1.82, 2.24) is 15.5 Å². The highest BCUT2D eigenvalue weighted by molar-refractivity contribution is 7.09. The predicted octanol–water partition coefficient (Wildman–Crippen LogP) is 2.99. The molecule has 132 valence electrons. The standard InChI is InChI=1S/C18H28N4OS/c1-14(11-15-7-6-10-24-15)12-20-18(19-2)21-13-16(22(3)4)17-8-5-9-23-17/h5-10,14,16H,11-13H2,1-4H3,(H2,19,20,21). The number of thiophene rings is 1. The average molecular weight is 349 g/mol. The Morgan fingerprint density at radius 3 is 2.62 bits per heavy atom. The van der Waals surface area contributed by atoms with Crippen LogP contribution in [0.3, 0.4) is 0 Å². The first-order valence-corrected chi connectivity index (χ1v) is 9.14. The highest BCUT2D eigenvalue weighted by atomic mass is 32.1. The number of nitrogens with one attached hydrogen (secondary N) is 2. The summed E-state index contributed by atoms with van der Waals surface area (Å²) in [5.74, 6) is 2.33. The zero-order chi connectivity index (χ0) is 17.4. The largest absolute Gasteiger partial charge is 0.468 e. The lowest BCUT2D eigenvalue weighted by Gasteiger charge is -2.24. The second kappa shape index (κ2) is 9.49. The summed E-state index contributed by atoms with van der Waals surface area (Å²) in [6.45, 7) is 3.88. The first-order valence-electron chi connectivity index (χ1n) is 8.27. The van der Waals surface area contributed by atoms with Crippen molar-refractivity contribution in [2.45, 2.75) is 19.4 Å². The maximum atomic E-state index is 5.54. The SMILES string of the molecule is CN=C(NCC(C)Cc1cccs1)NCC(c1ccco1)N(C)C. The zero-order valence-corrected chi connectivity index (χ0v) is 15.8. The second-order valence-corrected chi connectivity index (χ2v) is 7.25. The Labute approximate surface area is 148 Å². The number of aliphatic imine (C=N–C) groups is 1. The molecule has 5 nitrogen and oxygen atoms in total. The quantitative estimate of drug-likeness (QED) is 0.569. The fourth-order valence-corrected chi connectivity index (χ4v) is 3.42. The summed E-state index contributed by atoms with van der Waals surface area (Å²) in [7, 11) is 5.90. The lowest BCUT2D eigenvalue weighted by Crippen LogP contribution is -2.43. The smallest absolute Gasteiger partial charge is 0.191 e. The summed E-state index contributed by atoms with van der Waals surface area (Å²) in [5, 5.41) is 8.94. The lowest BCUT2D eigenvalue weighted by atomic mass is 10.1. The normalized spacial score (nSPS) is 14.6. The van der Waals surface area contributed by atoms with Crippen molar-refractivity contribution < 1.29 is 4.42 Å². The molecule has 2 heterocycles. The Kier molecular flexibility index (Phi) is 7.34. The molecule has 0 saturated carbocycles. The summed E-state index contributed by atoms with van der Waals surface area (Å²) in [5.41, 5.74) is 0. The Bertz CT molecular complexity index is 593. The molecule has 0 amide bonds. The number of rotatable bonds is 8. The highest BCUT2D eigenvalue weighted by Crippen LogP contribution is 2.17. The van der Waals surface area contributed by atoms with Crippen LogP contribution in [0, 0.1) is 5.92 Å². The Morgan fingerprint density at radius 1 is 1.25 bits per heavy atom. The third kappa shape index (κ3) is 5.69. The molecule has 0 bridgehead atoms. The van der Waals surface area contributed by atoms with Gasteiger partial charge in [0, 0.05) is 25.0 Å². The Hall–Kier alpha value is -1.79. The number of guanidine groups is 1. The molecule has 2 rings (SSSR count). The molecule has 2 aromatic heterocycles. The zero-order valence-electron chi connectivity index (χ0n) is 15.0. The van der Waals surface area contributed by atoms with Gasteiger partial charge in [-0.3, -0.25) is 9.89 Å². The van der Waals surface area contributed by atoms with Gasteiger partial charge < -0.3 is 15.1 Å². The fourth-order valence-electron chi connectivity index (χ4n) is 2.55. The van der Waals surface area contributed by atoms with E-state index in [1.54, 1.807) is 13.3 Å². The van der Waals surface area contributed by atoms with Crippen molar-refractivity contribution in [3.8, 4) is 0 Å². The molecule has 0 aliphatic heterocycles. The van der Waals surface area contributed by atoms with Crippen molar-refractivity contribution in [3.63, 3.8) is 0 Å². The van der Waals surface area contributed by atoms with Crippen LogP contribution >= 0.6 is 11.3 Å². The van der Waals surface area contributed by atoms with Crippen molar-refractivity contribution in [1.29, 1.82) is 0 Å². The van der Waals surface area contributed by atoms with Gasteiger partial charge >= 0.3 is 0 Å². The molecule has 2 N–H and O–H groups in total. The van der Waals surface area contributed by atoms with Gasteiger partial charge in [-0.05, 0) is 50.0 Å². The molecule has 0 aromatic carbocycles. The van der Waals surface area contributed by atoms with Crippen LogP contribution in [0.25, 0.3) is 0 Å². The van der Waals surface area contributed by atoms with E-state index in [-0.39, 0.29) is 6.04 Å². The van der Waals surface area contributed by atoms with Crippen LogP contribution in [0.1, 0.15) is 23.6 Å². The molecule has 0 saturated heterocycles. The summed E-state index contributed by atoms with van der Waals surface area (Å²) in [4.78, 5) is 7.88. The number of furan rings is 1. The predicted molar refractivity (Wildman–Crippen MR) is 102 cm³/mol. The van der Waals surface area contributed by atoms with Crippen molar-refractivity contribution in [2.75, 3.05) is 34.2 Å². The lowest BCUT2D eigenvalue weighted by molar-refractivity contribution is 0.258. The van der Waals surface area contributed by atoms with Gasteiger partial charge in [0.05, 0.1) is 12.3 Å². The third-order valence-electron chi connectivity index (χ3n) is 3.93. The minimum atomic E-state index is 0.169. The monoisotopic (exact) mass is 348 g/mol. The van der Waals surface area contributed by atoms with Crippen molar-refractivity contribution >= 4 is 17.3 Å². The molecule has 2 atom stereocenters. The Balaban J connectivity index is 1.79. The van der Waals surface area contributed by atoms with E-state index in [4.69, 9.17) is 4.42 Å². The van der Waals surface area contributed by atoms with E-state index in [9.17, 15) is 0 Å². The molecule has 6 heteroatoms. The minimum absolute atomic E-state index is 0.169. The summed E-state index contributed by atoms with van der Waals surface area (Å²) in [6, 6.07) is 8.40. The van der Waals surface area contributed by atoms with Gasteiger partial charge in [-0.1, -0.05) is 13.0 Å². The van der Waals surface area contributed by atoms with Crippen LogP contribution in [0.2, 0.25) is 0 Å². The summed E-state index contributed by atoms with van der Waals surface area (Å²) >= 11 is 1.82. The molecule has 0 aliphatic carbocycles. The maximum Gasteiger partial charge on any atom is 0.191 e. The molecular formula is C18H28N4OS. The second-order valence-electron chi connectivity index (χ2n) is 6.22. The van der Waals surface area contributed by atoms with Gasteiger partial charge in [0.25, 0.3) is 0 Å². The number of hydrogen-bond donors (Lipinski definition) is 2. The van der Waals surface area contributed by atoms with Crippen LogP contribution < -0.4 is 10.6 Å². The maximum absolute atomic E-state index is 5.54. The van der Waals surface area contributed by atoms with Gasteiger partial charge in [-0.15, -0.1) is 11.3 Å². The van der Waals surface area contributed by atoms with E-state index < -0.39 is 0 Å². The van der Waals surface area contributed by atoms with Gasteiger partial charge in [-0.2, -0.15) is 0 Å². The first kappa shape index (κ1) is 18.5. The van der Waals surface area contributed by atoms with E-state index in [2.05, 4.69) is 45.0 Å². The molecule has 0 aliphatic rings. The third-order valence-corrected chi connectivity index (χ3v) is 4.83. The molecule has 2 aromatic rings. The average Bonchev–Trinajstić information content (AvgIpc) is 3.24. The molecule has 0 spiro atoms. The van der Waals surface area contributed by atoms with Crippen molar-refractivity contribution in [2.24, 2.45) is 10.9 Å². The van der Waals surface area contributed by atoms with Crippen LogP contribution in [0.15, 0.2) is 45.3 Å². The molecule has 0 radical (unpaired) electrons. The van der Waals surface area contributed by atoms with E-state index in [0.717, 1.165) is 31.2 Å². The van der Waals surface area contributed by atoms with Gasteiger partial charge in [-0.25, -0.2) is 0 Å². The van der Waals surface area contributed by atoms with Crippen LogP contribution in [0.5, 0.6) is 0 Å². The molecule has 24 heavy (non-hydrogen) atoms. The van der Waals surface area contributed by atoms with E-state index in [0.29, 0.717) is 5.92 Å². The number of nitrogens with zero attached hydrogens (tertiary/aromatic N) is 2. The summed E-state index contributed by atoms with van der Waals surface area (Å²) < 4.78 is 5.54. The minimum Gasteiger partial charge on any atom is -0.468 e. The van der Waals surface area contributed by atoms with Gasteiger partial charge in [0.15, 0.2) is 5.96 Å². The molecular weight excluding hydrogens is 320 g/mol.